The molecule has 25 heavy (non-hydrogen) atoms. The van der Waals surface area contributed by atoms with Gasteiger partial charge in [0.05, 0.1) is 10.0 Å². The van der Waals surface area contributed by atoms with E-state index in [-0.39, 0.29) is 0 Å². The van der Waals surface area contributed by atoms with E-state index >= 15 is 0 Å². The highest BCUT2D eigenvalue weighted by Crippen LogP contribution is 2.23. The number of thioether (sulfide) groups is 1. The Balaban J connectivity index is 1.50. The molecule has 0 unspecified atom stereocenters. The lowest BCUT2D eigenvalue weighted by molar-refractivity contribution is 0.808. The first-order chi connectivity index (χ1) is 12.1. The van der Waals surface area contributed by atoms with E-state index in [1.54, 1.807) is 12.3 Å². The third-order valence-electron chi connectivity index (χ3n) is 3.33. The van der Waals surface area contributed by atoms with Crippen LogP contribution in [0.15, 0.2) is 70.4 Å². The van der Waals surface area contributed by atoms with Crippen LogP contribution in [0.25, 0.3) is 0 Å². The maximum Gasteiger partial charge on any atom is 0.197 e. The Hall–Kier alpha value is -1.95. The van der Waals surface area contributed by atoms with E-state index in [0.29, 0.717) is 16.6 Å². The predicted octanol–water partition coefficient (Wildman–Crippen LogP) is 5.52. The van der Waals surface area contributed by atoms with E-state index in [2.05, 4.69) is 20.6 Å². The average Bonchev–Trinajstić information content (AvgIpc) is 2.58. The molecule has 128 valence electrons. The zero-order chi connectivity index (χ0) is 17.6. The number of nitrogens with one attached hydrogen (secondary N) is 2. The molecular formula is C18H16Cl2N4S. The van der Waals surface area contributed by atoms with Crippen molar-refractivity contribution in [1.82, 2.24) is 5.32 Å². The summed E-state index contributed by atoms with van der Waals surface area (Å²) < 4.78 is 0. The maximum atomic E-state index is 6.01. The van der Waals surface area contributed by atoms with Crippen molar-refractivity contribution in [2.45, 2.75) is 13.5 Å². The van der Waals surface area contributed by atoms with Crippen molar-refractivity contribution in [2.24, 2.45) is 9.98 Å². The van der Waals surface area contributed by atoms with Crippen LogP contribution in [0.5, 0.6) is 0 Å². The lowest BCUT2D eigenvalue weighted by Gasteiger charge is -2.15. The summed E-state index contributed by atoms with van der Waals surface area (Å²) >= 11 is 13.4. The lowest BCUT2D eigenvalue weighted by Crippen LogP contribution is -2.19. The van der Waals surface area contributed by atoms with Crippen LogP contribution in [0.1, 0.15) is 12.5 Å². The Morgan fingerprint density at radius 3 is 2.64 bits per heavy atom. The number of para-hydroxylation sites is 1. The van der Waals surface area contributed by atoms with Crippen LogP contribution in [-0.4, -0.2) is 10.3 Å². The smallest absolute Gasteiger partial charge is 0.197 e. The van der Waals surface area contributed by atoms with Crippen molar-refractivity contribution in [3.8, 4) is 0 Å². The Morgan fingerprint density at radius 2 is 1.92 bits per heavy atom. The van der Waals surface area contributed by atoms with Gasteiger partial charge in [0, 0.05) is 24.1 Å². The van der Waals surface area contributed by atoms with Gasteiger partial charge in [-0.25, -0.2) is 4.99 Å². The molecule has 0 aromatic heterocycles. The zero-order valence-electron chi connectivity index (χ0n) is 13.5. The number of nitrogens with zero attached hydrogens (tertiary/aromatic N) is 2. The SMILES string of the molecule is CC(=CN=C1N=C(Nc2ccccc2)S1)NCc1ccc(Cl)c(Cl)c1. The predicted molar refractivity (Wildman–Crippen MR) is 110 cm³/mol. The van der Waals surface area contributed by atoms with E-state index < -0.39 is 0 Å². The molecule has 1 heterocycles. The van der Waals surface area contributed by atoms with Crippen LogP contribution in [0.3, 0.4) is 0 Å². The second-order valence-corrected chi connectivity index (χ2v) is 7.11. The van der Waals surface area contributed by atoms with Crippen LogP contribution < -0.4 is 10.6 Å². The minimum Gasteiger partial charge on any atom is -0.383 e. The molecule has 0 aliphatic carbocycles. The highest BCUT2D eigenvalue weighted by molar-refractivity contribution is 8.29. The monoisotopic (exact) mass is 390 g/mol. The van der Waals surface area contributed by atoms with E-state index in [0.717, 1.165) is 27.3 Å². The van der Waals surface area contributed by atoms with Crippen LogP contribution in [-0.2, 0) is 6.54 Å². The maximum absolute atomic E-state index is 6.01. The molecule has 0 atom stereocenters. The molecule has 0 amide bonds. The Morgan fingerprint density at radius 1 is 1.16 bits per heavy atom. The van der Waals surface area contributed by atoms with Crippen LogP contribution >= 0.6 is 35.0 Å². The lowest BCUT2D eigenvalue weighted by atomic mass is 10.2. The second-order valence-electron chi connectivity index (χ2n) is 5.34. The Labute approximate surface area is 161 Å². The first-order valence-corrected chi connectivity index (χ1v) is 9.18. The number of anilines is 1. The topological polar surface area (TPSA) is 48.8 Å². The molecule has 3 rings (SSSR count). The molecule has 1 aliphatic heterocycles. The van der Waals surface area contributed by atoms with Crippen molar-refractivity contribution < 1.29 is 0 Å². The van der Waals surface area contributed by atoms with Gasteiger partial charge in [-0.15, -0.1) is 0 Å². The van der Waals surface area contributed by atoms with E-state index in [1.807, 2.05) is 49.4 Å². The number of amidine groups is 2. The summed E-state index contributed by atoms with van der Waals surface area (Å²) in [6.07, 6.45) is 1.77. The van der Waals surface area contributed by atoms with Gasteiger partial charge in [-0.05, 0) is 48.5 Å². The van der Waals surface area contributed by atoms with Crippen molar-refractivity contribution in [3.63, 3.8) is 0 Å². The molecule has 2 aromatic rings. The molecule has 0 saturated carbocycles. The summed E-state index contributed by atoms with van der Waals surface area (Å²) in [6, 6.07) is 15.5. The summed E-state index contributed by atoms with van der Waals surface area (Å²) in [5.41, 5.74) is 3.02. The standard InChI is InChI=1S/C18H16Cl2N4S/c1-12(21-11-13-7-8-15(19)16(20)9-13)10-22-17-24-18(25-17)23-14-5-3-2-4-6-14/h2-10,21H,11H2,1H3,(H,22,23,24). The molecule has 0 fully saturated rings. The number of hydrogen-bond donors (Lipinski definition) is 2. The van der Waals surface area contributed by atoms with Gasteiger partial charge in [-0.3, -0.25) is 0 Å². The van der Waals surface area contributed by atoms with Gasteiger partial charge in [-0.2, -0.15) is 4.99 Å². The van der Waals surface area contributed by atoms with E-state index in [9.17, 15) is 0 Å². The average molecular weight is 391 g/mol. The Bertz CT molecular complexity index is 847. The van der Waals surface area contributed by atoms with Crippen molar-refractivity contribution in [1.29, 1.82) is 0 Å². The molecule has 0 bridgehead atoms. The highest BCUT2D eigenvalue weighted by Gasteiger charge is 2.16. The largest absolute Gasteiger partial charge is 0.383 e. The van der Waals surface area contributed by atoms with Gasteiger partial charge in [0.25, 0.3) is 0 Å². The van der Waals surface area contributed by atoms with E-state index in [4.69, 9.17) is 23.2 Å². The summed E-state index contributed by atoms with van der Waals surface area (Å²) in [7, 11) is 0. The van der Waals surface area contributed by atoms with Gasteiger partial charge in [0.2, 0.25) is 0 Å². The van der Waals surface area contributed by atoms with Gasteiger partial charge >= 0.3 is 0 Å². The van der Waals surface area contributed by atoms with Gasteiger partial charge in [0.1, 0.15) is 0 Å². The minimum absolute atomic E-state index is 0.557. The molecule has 0 radical (unpaired) electrons. The number of aliphatic imine (C=N–C) groups is 2. The number of benzene rings is 2. The molecular weight excluding hydrogens is 375 g/mol. The fourth-order valence-corrected chi connectivity index (χ4v) is 2.93. The highest BCUT2D eigenvalue weighted by atomic mass is 35.5. The summed E-state index contributed by atoms with van der Waals surface area (Å²) in [6.45, 7) is 2.61. The first kappa shape index (κ1) is 17.9. The molecule has 4 nitrogen and oxygen atoms in total. The molecule has 0 saturated heterocycles. The quantitative estimate of drug-likeness (QED) is 0.706. The molecule has 1 aliphatic rings. The van der Waals surface area contributed by atoms with Crippen molar-refractivity contribution in [2.75, 3.05) is 5.32 Å². The molecule has 0 spiro atoms. The van der Waals surface area contributed by atoms with Gasteiger partial charge < -0.3 is 10.6 Å². The fourth-order valence-electron chi connectivity index (χ4n) is 2.02. The van der Waals surface area contributed by atoms with Crippen LogP contribution in [0.2, 0.25) is 10.0 Å². The second kappa shape index (κ2) is 8.43. The molecule has 2 aromatic carbocycles. The number of allylic oxidation sites excluding steroid dienone is 1. The van der Waals surface area contributed by atoms with Gasteiger partial charge in [-0.1, -0.05) is 47.5 Å². The fraction of sp³-hybridized carbons (Fsp3) is 0.111. The normalized spacial score (nSPS) is 15.6. The third kappa shape index (κ3) is 5.26. The minimum atomic E-state index is 0.557. The van der Waals surface area contributed by atoms with Gasteiger partial charge in [0.15, 0.2) is 10.3 Å². The summed E-state index contributed by atoms with van der Waals surface area (Å²) in [5, 5.41) is 9.20. The number of halogens is 2. The molecule has 7 heteroatoms. The summed E-state index contributed by atoms with van der Waals surface area (Å²) in [4.78, 5) is 8.69. The van der Waals surface area contributed by atoms with E-state index in [1.165, 1.54) is 11.8 Å². The molecule has 2 N–H and O–H groups in total. The number of rotatable bonds is 5. The number of hydrogen-bond acceptors (Lipinski definition) is 4. The zero-order valence-corrected chi connectivity index (χ0v) is 15.8. The summed E-state index contributed by atoms with van der Waals surface area (Å²) in [5.74, 6) is 0. The van der Waals surface area contributed by atoms with Crippen molar-refractivity contribution in [3.05, 3.63) is 76.0 Å². The van der Waals surface area contributed by atoms with Crippen LogP contribution in [0.4, 0.5) is 5.69 Å². The van der Waals surface area contributed by atoms with Crippen molar-refractivity contribution >= 4 is 51.0 Å². The Kier molecular flexibility index (Phi) is 6.02. The third-order valence-corrected chi connectivity index (χ3v) is 4.84. The van der Waals surface area contributed by atoms with Crippen LogP contribution in [0, 0.1) is 0 Å². The first-order valence-electron chi connectivity index (χ1n) is 7.61.